The number of nitrogens with one attached hydrogen (secondary N) is 1. The Morgan fingerprint density at radius 2 is 2.10 bits per heavy atom. The van der Waals surface area contributed by atoms with Gasteiger partial charge in [-0.05, 0) is 43.5 Å². The van der Waals surface area contributed by atoms with Crippen LogP contribution in [0.5, 0.6) is 0 Å². The topological polar surface area (TPSA) is 59.8 Å². The number of hydrogen-bond donors (Lipinski definition) is 1. The van der Waals surface area contributed by atoms with E-state index < -0.39 is 0 Å². The van der Waals surface area contributed by atoms with Crippen LogP contribution in [0, 0.1) is 6.92 Å². The molecule has 0 aliphatic rings. The monoisotopic (exact) mass is 272 g/mol. The van der Waals surface area contributed by atoms with E-state index in [4.69, 9.17) is 0 Å². The predicted octanol–water partition coefficient (Wildman–Crippen LogP) is 1.73. The minimum Gasteiger partial charge on any atom is -0.354 e. The molecule has 2 rings (SSSR count). The fraction of sp³-hybridized carbons (Fsp3) is 0.400. The van der Waals surface area contributed by atoms with Crippen molar-refractivity contribution in [1.29, 1.82) is 0 Å². The van der Waals surface area contributed by atoms with Gasteiger partial charge < -0.3 is 5.32 Å². The lowest BCUT2D eigenvalue weighted by Gasteiger charge is -2.05. The average Bonchev–Trinajstić information content (AvgIpc) is 2.86. The number of aryl methyl sites for hydroxylation is 2. The van der Waals surface area contributed by atoms with Crippen molar-refractivity contribution in [3.63, 3.8) is 0 Å². The molecule has 2 aromatic heterocycles. The summed E-state index contributed by atoms with van der Waals surface area (Å²) in [5.41, 5.74) is 2.22. The lowest BCUT2D eigenvalue weighted by molar-refractivity contribution is -0.121. The highest BCUT2D eigenvalue weighted by Crippen LogP contribution is 2.03. The van der Waals surface area contributed by atoms with Crippen molar-refractivity contribution in [1.82, 2.24) is 20.1 Å². The van der Waals surface area contributed by atoms with Crippen molar-refractivity contribution in [2.24, 2.45) is 0 Å². The molecule has 0 saturated heterocycles. The van der Waals surface area contributed by atoms with Crippen LogP contribution >= 0.6 is 0 Å². The van der Waals surface area contributed by atoms with Crippen LogP contribution < -0.4 is 5.32 Å². The first-order chi connectivity index (χ1) is 9.74. The fourth-order valence-electron chi connectivity index (χ4n) is 1.99. The van der Waals surface area contributed by atoms with E-state index in [9.17, 15) is 4.79 Å². The molecule has 106 valence electrons. The van der Waals surface area contributed by atoms with Crippen molar-refractivity contribution >= 4 is 5.91 Å². The summed E-state index contributed by atoms with van der Waals surface area (Å²) >= 11 is 0. The molecule has 2 aromatic rings. The van der Waals surface area contributed by atoms with Crippen LogP contribution in [0.15, 0.2) is 36.8 Å². The zero-order valence-corrected chi connectivity index (χ0v) is 11.7. The maximum Gasteiger partial charge on any atom is 0.220 e. The molecule has 0 spiro atoms. The highest BCUT2D eigenvalue weighted by Gasteiger charge is 2.01. The first-order valence-electron chi connectivity index (χ1n) is 6.90. The minimum atomic E-state index is 0.0999. The van der Waals surface area contributed by atoms with Crippen LogP contribution in [0.25, 0.3) is 0 Å². The molecular formula is C15H20N4O. The van der Waals surface area contributed by atoms with Crippen LogP contribution in [0.1, 0.15) is 24.1 Å². The van der Waals surface area contributed by atoms with Crippen molar-refractivity contribution in [2.75, 3.05) is 6.54 Å². The van der Waals surface area contributed by atoms with Gasteiger partial charge in [0.15, 0.2) is 0 Å². The van der Waals surface area contributed by atoms with Crippen LogP contribution in [0.2, 0.25) is 0 Å². The van der Waals surface area contributed by atoms with Crippen LogP contribution in [-0.4, -0.2) is 27.2 Å². The summed E-state index contributed by atoms with van der Waals surface area (Å²) in [4.78, 5) is 15.6. The Hall–Kier alpha value is -2.17. The Morgan fingerprint density at radius 3 is 2.80 bits per heavy atom. The molecular weight excluding hydrogens is 252 g/mol. The molecule has 5 nitrogen and oxygen atoms in total. The van der Waals surface area contributed by atoms with Crippen LogP contribution in [0.3, 0.4) is 0 Å². The zero-order valence-electron chi connectivity index (χ0n) is 11.7. The number of carbonyl (C=O) groups is 1. The second-order valence-corrected chi connectivity index (χ2v) is 4.78. The maximum atomic E-state index is 11.7. The van der Waals surface area contributed by atoms with Crippen LogP contribution in [-0.2, 0) is 17.8 Å². The molecule has 0 aliphatic carbocycles. The normalized spacial score (nSPS) is 10.4. The maximum absolute atomic E-state index is 11.7. The van der Waals surface area contributed by atoms with Gasteiger partial charge in [-0.3, -0.25) is 14.5 Å². The Bertz CT molecular complexity index is 536. The Labute approximate surface area is 119 Å². The largest absolute Gasteiger partial charge is 0.354 e. The number of rotatable bonds is 7. The van der Waals surface area contributed by atoms with Gasteiger partial charge in [0.05, 0.1) is 12.2 Å². The summed E-state index contributed by atoms with van der Waals surface area (Å²) in [7, 11) is 0. The van der Waals surface area contributed by atoms with E-state index in [0.717, 1.165) is 18.5 Å². The van der Waals surface area contributed by atoms with Gasteiger partial charge >= 0.3 is 0 Å². The third-order valence-corrected chi connectivity index (χ3v) is 3.06. The Balaban J connectivity index is 1.59. The number of pyridine rings is 1. The first-order valence-corrected chi connectivity index (χ1v) is 6.90. The van der Waals surface area contributed by atoms with Gasteiger partial charge in [-0.1, -0.05) is 0 Å². The molecule has 0 aliphatic heterocycles. The average molecular weight is 272 g/mol. The first kappa shape index (κ1) is 14.2. The number of hydrogen-bond acceptors (Lipinski definition) is 3. The van der Waals surface area contributed by atoms with Crippen molar-refractivity contribution in [3.8, 4) is 0 Å². The molecule has 0 saturated carbocycles. The molecule has 1 amide bonds. The van der Waals surface area contributed by atoms with Crippen molar-refractivity contribution < 1.29 is 4.79 Å². The summed E-state index contributed by atoms with van der Waals surface area (Å²) in [5, 5.41) is 7.18. The molecule has 20 heavy (non-hydrogen) atoms. The second kappa shape index (κ2) is 7.43. The lowest BCUT2D eigenvalue weighted by atomic mass is 10.1. The van der Waals surface area contributed by atoms with E-state index in [1.165, 1.54) is 5.56 Å². The van der Waals surface area contributed by atoms with Crippen molar-refractivity contribution in [2.45, 2.75) is 32.7 Å². The van der Waals surface area contributed by atoms with Gasteiger partial charge in [0.2, 0.25) is 5.91 Å². The summed E-state index contributed by atoms with van der Waals surface area (Å²) in [6.07, 6.45) is 7.80. The summed E-state index contributed by atoms with van der Waals surface area (Å²) in [6.45, 7) is 3.29. The fourth-order valence-corrected chi connectivity index (χ4v) is 1.99. The Kier molecular flexibility index (Phi) is 5.29. The second-order valence-electron chi connectivity index (χ2n) is 4.78. The zero-order chi connectivity index (χ0) is 14.2. The van der Waals surface area contributed by atoms with Gasteiger partial charge in [-0.2, -0.15) is 5.10 Å². The highest BCUT2D eigenvalue weighted by atomic mass is 16.1. The molecule has 1 N–H and O–H groups in total. The van der Waals surface area contributed by atoms with E-state index >= 15 is 0 Å². The number of nitrogens with zero attached hydrogens (tertiary/aromatic N) is 3. The lowest BCUT2D eigenvalue weighted by Crippen LogP contribution is -2.27. The minimum absolute atomic E-state index is 0.0999. The summed E-state index contributed by atoms with van der Waals surface area (Å²) in [6, 6.07) is 5.92. The Morgan fingerprint density at radius 1 is 1.30 bits per heavy atom. The molecule has 0 atom stereocenters. The van der Waals surface area contributed by atoms with E-state index in [0.29, 0.717) is 19.5 Å². The van der Waals surface area contributed by atoms with E-state index in [1.54, 1.807) is 12.4 Å². The number of carbonyl (C=O) groups excluding carboxylic acids is 1. The molecule has 0 radical (unpaired) electrons. The van der Waals surface area contributed by atoms with E-state index in [-0.39, 0.29) is 5.91 Å². The molecule has 0 fully saturated rings. The SMILES string of the molecule is Cc1ccn(CCNC(=O)CCCc2ccncc2)n1. The number of aromatic nitrogens is 3. The van der Waals surface area contributed by atoms with Gasteiger partial charge in [-0.25, -0.2) is 0 Å². The predicted molar refractivity (Wildman–Crippen MR) is 77.1 cm³/mol. The van der Waals surface area contributed by atoms with Gasteiger partial charge in [-0.15, -0.1) is 0 Å². The standard InChI is InChI=1S/C15H20N4O/c1-13-7-11-19(18-13)12-10-17-15(20)4-2-3-14-5-8-16-9-6-14/h5-9,11H,2-4,10,12H2,1H3,(H,17,20). The summed E-state index contributed by atoms with van der Waals surface area (Å²) in [5.74, 6) is 0.0999. The highest BCUT2D eigenvalue weighted by molar-refractivity contribution is 5.75. The molecule has 0 aromatic carbocycles. The third-order valence-electron chi connectivity index (χ3n) is 3.06. The molecule has 2 heterocycles. The smallest absolute Gasteiger partial charge is 0.220 e. The van der Waals surface area contributed by atoms with Gasteiger partial charge in [0.25, 0.3) is 0 Å². The van der Waals surface area contributed by atoms with Crippen LogP contribution in [0.4, 0.5) is 0 Å². The van der Waals surface area contributed by atoms with E-state index in [2.05, 4.69) is 15.4 Å². The van der Waals surface area contributed by atoms with E-state index in [1.807, 2.05) is 36.0 Å². The molecule has 5 heteroatoms. The molecule has 0 unspecified atom stereocenters. The van der Waals surface area contributed by atoms with Gasteiger partial charge in [0, 0.05) is 31.6 Å². The van der Waals surface area contributed by atoms with Gasteiger partial charge in [0.1, 0.15) is 0 Å². The quantitative estimate of drug-likeness (QED) is 0.835. The summed E-state index contributed by atoms with van der Waals surface area (Å²) < 4.78 is 1.84. The third kappa shape index (κ3) is 4.84. The van der Waals surface area contributed by atoms with Crippen molar-refractivity contribution in [3.05, 3.63) is 48.0 Å². The number of amides is 1. The molecule has 0 bridgehead atoms.